The van der Waals surface area contributed by atoms with Crippen molar-refractivity contribution in [3.05, 3.63) is 35.1 Å². The maximum Gasteiger partial charge on any atom is 0.0234 e. The average Bonchev–Trinajstić information content (AvgIpc) is 2.23. The first kappa shape index (κ1) is 15.2. The molecular weight excluding hydrogens is 230 g/mol. The normalized spacial score (nSPS) is 11.1. The first-order valence-corrected chi connectivity index (χ1v) is 6.49. The van der Waals surface area contributed by atoms with Crippen molar-refractivity contribution in [1.82, 2.24) is 0 Å². The molecule has 0 aliphatic carbocycles. The van der Waals surface area contributed by atoms with Gasteiger partial charge in [-0.25, -0.2) is 0 Å². The molecule has 1 N–H and O–H groups in total. The molecule has 100 valence electrons. The fourth-order valence-electron chi connectivity index (χ4n) is 1.27. The zero-order valence-corrected chi connectivity index (χ0v) is 12.7. The molecular formula is C18H22N-. The van der Waals surface area contributed by atoms with Gasteiger partial charge in [-0.15, -0.1) is 5.69 Å². The summed E-state index contributed by atoms with van der Waals surface area (Å²) in [5.74, 6) is 12.5. The Labute approximate surface area is 117 Å². The zero-order chi connectivity index (χ0) is 14.7. The van der Waals surface area contributed by atoms with Crippen LogP contribution in [-0.4, -0.2) is 0 Å². The number of hydrogen-bond acceptors (Lipinski definition) is 0. The van der Waals surface area contributed by atoms with Gasteiger partial charge in [0.1, 0.15) is 0 Å². The molecule has 0 fully saturated rings. The summed E-state index contributed by atoms with van der Waals surface area (Å²) >= 11 is 0. The summed E-state index contributed by atoms with van der Waals surface area (Å²) in [6, 6.07) is 5.67. The molecule has 0 spiro atoms. The predicted molar refractivity (Wildman–Crippen MR) is 83.1 cm³/mol. The van der Waals surface area contributed by atoms with Crippen LogP contribution in [0.2, 0.25) is 0 Å². The van der Waals surface area contributed by atoms with Crippen molar-refractivity contribution in [2.45, 2.75) is 41.5 Å². The Morgan fingerprint density at radius 3 is 1.47 bits per heavy atom. The first-order chi connectivity index (χ1) is 8.58. The molecule has 0 heterocycles. The Morgan fingerprint density at radius 2 is 1.16 bits per heavy atom. The van der Waals surface area contributed by atoms with E-state index >= 15 is 0 Å². The highest BCUT2D eigenvalue weighted by molar-refractivity contribution is 5.68. The van der Waals surface area contributed by atoms with Crippen LogP contribution in [0.5, 0.6) is 0 Å². The topological polar surface area (TPSA) is 23.8 Å². The van der Waals surface area contributed by atoms with Gasteiger partial charge in [0.15, 0.2) is 0 Å². The molecule has 0 aliphatic heterocycles. The molecule has 1 aromatic carbocycles. The van der Waals surface area contributed by atoms with E-state index in [4.69, 9.17) is 5.73 Å². The lowest BCUT2D eigenvalue weighted by Crippen LogP contribution is -2.00. The molecule has 0 aliphatic rings. The summed E-state index contributed by atoms with van der Waals surface area (Å²) in [4.78, 5) is 0. The van der Waals surface area contributed by atoms with Crippen molar-refractivity contribution in [1.29, 1.82) is 0 Å². The Hall–Kier alpha value is -1.86. The average molecular weight is 252 g/mol. The van der Waals surface area contributed by atoms with E-state index < -0.39 is 0 Å². The molecule has 1 nitrogen and oxygen atoms in total. The van der Waals surface area contributed by atoms with Gasteiger partial charge in [0.05, 0.1) is 0 Å². The van der Waals surface area contributed by atoms with E-state index in [0.29, 0.717) is 5.69 Å². The maximum atomic E-state index is 8.16. The van der Waals surface area contributed by atoms with Crippen molar-refractivity contribution >= 4 is 5.69 Å². The minimum absolute atomic E-state index is 0.0560. The quantitative estimate of drug-likeness (QED) is 0.569. The largest absolute Gasteiger partial charge is 0.697 e. The van der Waals surface area contributed by atoms with Gasteiger partial charge >= 0.3 is 0 Å². The molecule has 0 atom stereocenters. The summed E-state index contributed by atoms with van der Waals surface area (Å²) in [6.07, 6.45) is 0. The van der Waals surface area contributed by atoms with Crippen LogP contribution in [0.25, 0.3) is 5.73 Å². The van der Waals surface area contributed by atoms with Crippen molar-refractivity contribution in [2.24, 2.45) is 10.8 Å². The van der Waals surface area contributed by atoms with Crippen LogP contribution in [0, 0.1) is 34.5 Å². The van der Waals surface area contributed by atoms with E-state index in [1.807, 2.05) is 18.2 Å². The molecule has 1 heteroatoms. The molecule has 0 aromatic heterocycles. The molecule has 0 saturated carbocycles. The third-order valence-electron chi connectivity index (χ3n) is 2.21. The highest BCUT2D eigenvalue weighted by atomic mass is 14.6. The lowest BCUT2D eigenvalue weighted by atomic mass is 9.96. The molecule has 0 unspecified atom stereocenters. The fourth-order valence-corrected chi connectivity index (χ4v) is 1.27. The number of rotatable bonds is 0. The Morgan fingerprint density at radius 1 is 0.789 bits per heavy atom. The predicted octanol–water partition coefficient (Wildman–Crippen LogP) is 5.17. The van der Waals surface area contributed by atoms with Gasteiger partial charge in [-0.2, -0.15) is 0 Å². The van der Waals surface area contributed by atoms with Crippen molar-refractivity contribution in [3.63, 3.8) is 0 Å². The van der Waals surface area contributed by atoms with Gasteiger partial charge in [-0.3, -0.25) is 0 Å². The van der Waals surface area contributed by atoms with Crippen LogP contribution in [0.1, 0.15) is 52.7 Å². The highest BCUT2D eigenvalue weighted by Gasteiger charge is 2.05. The van der Waals surface area contributed by atoms with E-state index in [-0.39, 0.29) is 10.8 Å². The van der Waals surface area contributed by atoms with Gasteiger partial charge in [-0.1, -0.05) is 29.7 Å². The van der Waals surface area contributed by atoms with E-state index in [1.54, 1.807) is 0 Å². The molecule has 1 aromatic rings. The lowest BCUT2D eigenvalue weighted by Gasteiger charge is -2.12. The molecule has 19 heavy (non-hydrogen) atoms. The van der Waals surface area contributed by atoms with Crippen molar-refractivity contribution in [2.75, 3.05) is 0 Å². The highest BCUT2D eigenvalue weighted by Crippen LogP contribution is 2.23. The number of hydrogen-bond donors (Lipinski definition) is 0. The Bertz CT molecular complexity index is 522. The summed E-state index contributed by atoms with van der Waals surface area (Å²) in [5, 5.41) is 0. The van der Waals surface area contributed by atoms with Gasteiger partial charge < -0.3 is 5.73 Å². The van der Waals surface area contributed by atoms with E-state index in [2.05, 4.69) is 65.2 Å². The van der Waals surface area contributed by atoms with Crippen LogP contribution in [0.15, 0.2) is 18.2 Å². The van der Waals surface area contributed by atoms with Crippen LogP contribution in [0.3, 0.4) is 0 Å². The molecule has 1 rings (SSSR count). The molecule has 0 bridgehead atoms. The van der Waals surface area contributed by atoms with Gasteiger partial charge in [-0.05, 0) is 53.7 Å². The monoisotopic (exact) mass is 252 g/mol. The van der Waals surface area contributed by atoms with E-state index in [0.717, 1.165) is 11.1 Å². The SMILES string of the molecule is CC(C)(C)C#Cc1cccc(C#CC(C)(C)C)c1[NH-]. The lowest BCUT2D eigenvalue weighted by molar-refractivity contribution is 0.570. The minimum atomic E-state index is -0.0560. The van der Waals surface area contributed by atoms with Gasteiger partial charge in [0.25, 0.3) is 0 Å². The first-order valence-electron chi connectivity index (χ1n) is 6.49. The second-order valence-corrected chi connectivity index (χ2v) is 6.73. The smallest absolute Gasteiger partial charge is 0.0234 e. The minimum Gasteiger partial charge on any atom is -0.697 e. The summed E-state index contributed by atoms with van der Waals surface area (Å²) < 4.78 is 0. The third-order valence-corrected chi connectivity index (χ3v) is 2.21. The van der Waals surface area contributed by atoms with Crippen molar-refractivity contribution < 1.29 is 0 Å². The molecule has 0 saturated heterocycles. The summed E-state index contributed by atoms with van der Waals surface area (Å²) in [7, 11) is 0. The van der Waals surface area contributed by atoms with E-state index in [1.165, 1.54) is 0 Å². The maximum absolute atomic E-state index is 8.16. The number of nitrogens with one attached hydrogen (secondary N) is 1. The van der Waals surface area contributed by atoms with Gasteiger partial charge in [0.2, 0.25) is 0 Å². The van der Waals surface area contributed by atoms with Crippen molar-refractivity contribution in [3.8, 4) is 23.7 Å². The van der Waals surface area contributed by atoms with E-state index in [9.17, 15) is 0 Å². The zero-order valence-electron chi connectivity index (χ0n) is 12.7. The van der Waals surface area contributed by atoms with Crippen LogP contribution in [-0.2, 0) is 0 Å². The molecule has 0 radical (unpaired) electrons. The van der Waals surface area contributed by atoms with Crippen LogP contribution < -0.4 is 0 Å². The Balaban J connectivity index is 3.18. The van der Waals surface area contributed by atoms with Gasteiger partial charge in [0, 0.05) is 22.0 Å². The second kappa shape index (κ2) is 5.41. The standard InChI is InChI=1S/C18H22N/c1-17(2,3)12-10-14-8-7-9-15(16(14)19)11-13-18(4,5)6/h7-9,19H,1-6H3/q-1. The van der Waals surface area contributed by atoms with Crippen LogP contribution >= 0.6 is 0 Å². The van der Waals surface area contributed by atoms with Crippen LogP contribution in [0.4, 0.5) is 5.69 Å². The fraction of sp³-hybridized carbons (Fsp3) is 0.444. The molecule has 0 amide bonds. The summed E-state index contributed by atoms with van der Waals surface area (Å²) in [5.41, 5.74) is 9.96. The number of benzene rings is 1. The Kier molecular flexibility index (Phi) is 4.33. The summed E-state index contributed by atoms with van der Waals surface area (Å²) in [6.45, 7) is 12.4. The third kappa shape index (κ3) is 5.54. The second-order valence-electron chi connectivity index (χ2n) is 6.73.